The molecule has 23 heavy (non-hydrogen) atoms. The third-order valence-electron chi connectivity index (χ3n) is 3.76. The number of nitrogens with one attached hydrogen (secondary N) is 2. The fraction of sp³-hybridized carbons (Fsp3) is 0.250. The lowest BCUT2D eigenvalue weighted by Crippen LogP contribution is -2.51. The third kappa shape index (κ3) is 3.13. The van der Waals surface area contributed by atoms with E-state index in [1.807, 2.05) is 25.1 Å². The molecule has 1 aromatic carbocycles. The second-order valence-corrected chi connectivity index (χ2v) is 5.37. The molecule has 3 rings (SSSR count). The largest absolute Gasteiger partial charge is 0.324 e. The Morgan fingerprint density at radius 2 is 2.13 bits per heavy atom. The predicted octanol–water partition coefficient (Wildman–Crippen LogP) is 1.42. The summed E-state index contributed by atoms with van der Waals surface area (Å²) >= 11 is 0. The molecule has 0 radical (unpaired) electrons. The number of aryl methyl sites for hydroxylation is 1. The van der Waals surface area contributed by atoms with Crippen molar-refractivity contribution in [3.8, 4) is 0 Å². The van der Waals surface area contributed by atoms with Crippen LogP contribution in [0.5, 0.6) is 0 Å². The molecule has 0 unspecified atom stereocenters. The van der Waals surface area contributed by atoms with Gasteiger partial charge in [0.05, 0.1) is 0 Å². The molecule has 1 saturated heterocycles. The van der Waals surface area contributed by atoms with Crippen LogP contribution in [0.4, 0.5) is 10.5 Å². The number of rotatable bonds is 3. The maximum atomic E-state index is 12.2. The molecule has 2 N–H and O–H groups in total. The van der Waals surface area contributed by atoms with Crippen LogP contribution in [-0.4, -0.2) is 40.8 Å². The Balaban J connectivity index is 1.75. The van der Waals surface area contributed by atoms with Crippen molar-refractivity contribution in [3.63, 3.8) is 0 Å². The number of nitrogens with zero attached hydrogens (tertiary/aromatic N) is 2. The summed E-state index contributed by atoms with van der Waals surface area (Å²) in [6.45, 7) is 2.05. The highest BCUT2D eigenvalue weighted by Gasteiger charge is 2.24. The monoisotopic (exact) mass is 312 g/mol. The van der Waals surface area contributed by atoms with Crippen LogP contribution in [0.25, 0.3) is 10.8 Å². The molecule has 0 aliphatic carbocycles. The maximum Gasteiger partial charge on any atom is 0.324 e. The van der Waals surface area contributed by atoms with Gasteiger partial charge >= 0.3 is 6.03 Å². The second-order valence-electron chi connectivity index (χ2n) is 5.37. The average Bonchev–Trinajstić information content (AvgIpc) is 2.51. The fourth-order valence-corrected chi connectivity index (χ4v) is 2.58. The van der Waals surface area contributed by atoms with Crippen molar-refractivity contribution >= 4 is 34.3 Å². The zero-order chi connectivity index (χ0) is 16.4. The first-order chi connectivity index (χ1) is 11.0. The molecule has 2 aromatic rings. The third-order valence-corrected chi connectivity index (χ3v) is 3.76. The van der Waals surface area contributed by atoms with E-state index in [0.717, 1.165) is 16.5 Å². The minimum Gasteiger partial charge on any atom is -0.324 e. The van der Waals surface area contributed by atoms with Gasteiger partial charge in [0.25, 0.3) is 0 Å². The SMILES string of the molecule is Cc1nccc2c(NC(=O)CN3CCC(=O)NC3=O)cccc12. The van der Waals surface area contributed by atoms with Gasteiger partial charge in [0, 0.05) is 41.3 Å². The van der Waals surface area contributed by atoms with Crippen molar-refractivity contribution in [3.05, 3.63) is 36.2 Å². The molecule has 4 amide bonds. The number of fused-ring (bicyclic) bond motifs is 1. The van der Waals surface area contributed by atoms with Gasteiger partial charge in [-0.15, -0.1) is 0 Å². The van der Waals surface area contributed by atoms with Crippen LogP contribution < -0.4 is 10.6 Å². The molecular formula is C16H16N4O3. The van der Waals surface area contributed by atoms with E-state index in [-0.39, 0.29) is 31.3 Å². The highest BCUT2D eigenvalue weighted by atomic mass is 16.2. The quantitative estimate of drug-likeness (QED) is 0.896. The molecule has 0 bridgehead atoms. The number of benzene rings is 1. The van der Waals surface area contributed by atoms with Crippen LogP contribution in [0.3, 0.4) is 0 Å². The van der Waals surface area contributed by atoms with Gasteiger partial charge in [-0.25, -0.2) is 4.79 Å². The van der Waals surface area contributed by atoms with Crippen LogP contribution in [0.15, 0.2) is 30.5 Å². The van der Waals surface area contributed by atoms with E-state index in [2.05, 4.69) is 15.6 Å². The summed E-state index contributed by atoms with van der Waals surface area (Å²) in [5.74, 6) is -0.625. The maximum absolute atomic E-state index is 12.2. The van der Waals surface area contributed by atoms with E-state index >= 15 is 0 Å². The van der Waals surface area contributed by atoms with Crippen molar-refractivity contribution in [2.24, 2.45) is 0 Å². The molecule has 2 heterocycles. The molecule has 118 valence electrons. The molecule has 0 saturated carbocycles. The van der Waals surface area contributed by atoms with E-state index in [9.17, 15) is 14.4 Å². The van der Waals surface area contributed by atoms with E-state index < -0.39 is 6.03 Å². The van der Waals surface area contributed by atoms with Crippen molar-refractivity contribution in [1.29, 1.82) is 0 Å². The lowest BCUT2D eigenvalue weighted by Gasteiger charge is -2.25. The van der Waals surface area contributed by atoms with Gasteiger partial charge in [-0.2, -0.15) is 0 Å². The summed E-state index contributed by atoms with van der Waals surface area (Å²) < 4.78 is 0. The Kier molecular flexibility index (Phi) is 3.92. The normalized spacial score (nSPS) is 14.7. The lowest BCUT2D eigenvalue weighted by atomic mass is 10.1. The Labute approximate surface area is 132 Å². The Bertz CT molecular complexity index is 803. The fourth-order valence-electron chi connectivity index (χ4n) is 2.58. The van der Waals surface area contributed by atoms with Crippen LogP contribution in [-0.2, 0) is 9.59 Å². The standard InChI is InChI=1S/C16H16N4O3/c1-10-11-3-2-4-13(12(11)5-7-17-10)18-15(22)9-20-8-6-14(21)19-16(20)23/h2-5,7H,6,8-9H2,1H3,(H,18,22)(H,19,21,23). The van der Waals surface area contributed by atoms with Gasteiger partial charge in [0.1, 0.15) is 6.54 Å². The second kappa shape index (κ2) is 6.04. The highest BCUT2D eigenvalue weighted by molar-refractivity contribution is 6.04. The van der Waals surface area contributed by atoms with Crippen molar-refractivity contribution < 1.29 is 14.4 Å². The molecule has 1 fully saturated rings. The number of anilines is 1. The minimum absolute atomic E-state index is 0.0977. The summed E-state index contributed by atoms with van der Waals surface area (Å²) in [6, 6.07) is 6.90. The summed E-state index contributed by atoms with van der Waals surface area (Å²) in [6.07, 6.45) is 1.90. The Morgan fingerprint density at radius 1 is 1.30 bits per heavy atom. The summed E-state index contributed by atoms with van der Waals surface area (Å²) in [4.78, 5) is 40.5. The topological polar surface area (TPSA) is 91.4 Å². The number of pyridine rings is 1. The zero-order valence-corrected chi connectivity index (χ0v) is 12.6. The summed E-state index contributed by atoms with van der Waals surface area (Å²) in [7, 11) is 0. The van der Waals surface area contributed by atoms with E-state index in [4.69, 9.17) is 0 Å². The first-order valence-electron chi connectivity index (χ1n) is 7.27. The Hall–Kier alpha value is -2.96. The van der Waals surface area contributed by atoms with Gasteiger partial charge in [-0.3, -0.25) is 19.9 Å². The van der Waals surface area contributed by atoms with Crippen LogP contribution >= 0.6 is 0 Å². The molecule has 7 nitrogen and oxygen atoms in total. The van der Waals surface area contributed by atoms with Gasteiger partial charge < -0.3 is 10.2 Å². The predicted molar refractivity (Wildman–Crippen MR) is 84.8 cm³/mol. The molecular weight excluding hydrogens is 296 g/mol. The number of urea groups is 1. The van der Waals surface area contributed by atoms with Gasteiger partial charge in [0.2, 0.25) is 11.8 Å². The number of hydrogen-bond acceptors (Lipinski definition) is 4. The molecule has 1 aromatic heterocycles. The summed E-state index contributed by atoms with van der Waals surface area (Å²) in [5, 5.41) is 6.87. The average molecular weight is 312 g/mol. The van der Waals surface area contributed by atoms with E-state index in [1.54, 1.807) is 12.3 Å². The zero-order valence-electron chi connectivity index (χ0n) is 12.6. The van der Waals surface area contributed by atoms with Crippen molar-refractivity contribution in [1.82, 2.24) is 15.2 Å². The Morgan fingerprint density at radius 3 is 2.91 bits per heavy atom. The van der Waals surface area contributed by atoms with Gasteiger partial charge in [0.15, 0.2) is 0 Å². The number of hydrogen-bond donors (Lipinski definition) is 2. The van der Waals surface area contributed by atoms with Gasteiger partial charge in [-0.05, 0) is 19.1 Å². The summed E-state index contributed by atoms with van der Waals surface area (Å²) in [5.41, 5.74) is 1.55. The molecule has 7 heteroatoms. The van der Waals surface area contributed by atoms with Crippen LogP contribution in [0, 0.1) is 6.92 Å². The molecule has 1 aliphatic rings. The van der Waals surface area contributed by atoms with E-state index in [1.165, 1.54) is 4.90 Å². The number of amides is 4. The van der Waals surface area contributed by atoms with E-state index in [0.29, 0.717) is 5.69 Å². The number of carbonyl (C=O) groups excluding carboxylic acids is 3. The van der Waals surface area contributed by atoms with Gasteiger partial charge in [-0.1, -0.05) is 12.1 Å². The molecule has 0 atom stereocenters. The minimum atomic E-state index is -0.533. The molecule has 0 spiro atoms. The molecule has 1 aliphatic heterocycles. The van der Waals surface area contributed by atoms with Crippen molar-refractivity contribution in [2.75, 3.05) is 18.4 Å². The number of imide groups is 1. The van der Waals surface area contributed by atoms with Crippen LogP contribution in [0.1, 0.15) is 12.1 Å². The highest BCUT2D eigenvalue weighted by Crippen LogP contribution is 2.24. The van der Waals surface area contributed by atoms with Crippen LogP contribution in [0.2, 0.25) is 0 Å². The van der Waals surface area contributed by atoms with Crippen molar-refractivity contribution in [2.45, 2.75) is 13.3 Å². The number of aromatic nitrogens is 1. The number of carbonyl (C=O) groups is 3. The first-order valence-corrected chi connectivity index (χ1v) is 7.27. The smallest absolute Gasteiger partial charge is 0.324 e. The first kappa shape index (κ1) is 15.0. The lowest BCUT2D eigenvalue weighted by molar-refractivity contribution is -0.123.